The number of isocyanates is 2. The fourth-order valence-corrected chi connectivity index (χ4v) is 3.46. The molecule has 1 rings (SSSR count). The molecule has 0 spiro atoms. The van der Waals surface area contributed by atoms with E-state index in [1.54, 1.807) is 0 Å². The Morgan fingerprint density at radius 1 is 1.14 bits per heavy atom. The normalized spacial score (nSPS) is 23.0. The summed E-state index contributed by atoms with van der Waals surface area (Å²) >= 11 is 2.50. The molecule has 0 aromatic carbocycles. The summed E-state index contributed by atoms with van der Waals surface area (Å²) in [7, 11) is 0. The second kappa shape index (κ2) is 10.6. The minimum absolute atomic E-state index is 0. The Hall–Kier alpha value is -0.441. The van der Waals surface area contributed by atoms with Gasteiger partial charge in [-0.25, -0.2) is 0 Å². The minimum atomic E-state index is -0.103. The SMILES string of the molecule is C.FS.O=C=NC1C[Se]CC1N=C=O. The number of aliphatic imine (C=N–C) groups is 2. The second-order valence-corrected chi connectivity index (χ2v) is 4.37. The quantitative estimate of drug-likeness (QED) is 0.361. The Balaban J connectivity index is 0. The molecule has 1 saturated heterocycles. The first-order valence-electron chi connectivity index (χ1n) is 3.27. The maximum atomic E-state index is 9.89. The molecule has 0 radical (unpaired) electrons. The van der Waals surface area contributed by atoms with Crippen LogP contribution in [0.5, 0.6) is 0 Å². The standard InChI is InChI=1S/C6H6N2O2Se.CH4.FHS/c9-3-7-5-1-11-2-6(5)8-4-10;;1-2/h5-6H,1-2H2;1H4;2H. The number of halogens is 1. The van der Waals surface area contributed by atoms with Crippen LogP contribution in [0.3, 0.4) is 0 Å². The Morgan fingerprint density at radius 3 is 1.79 bits per heavy atom. The third-order valence-corrected chi connectivity index (χ3v) is 3.88. The van der Waals surface area contributed by atoms with E-state index in [0.29, 0.717) is 15.0 Å². The van der Waals surface area contributed by atoms with E-state index in [2.05, 4.69) is 9.98 Å². The summed E-state index contributed by atoms with van der Waals surface area (Å²) in [6.45, 7) is 0. The van der Waals surface area contributed by atoms with Gasteiger partial charge < -0.3 is 0 Å². The van der Waals surface area contributed by atoms with E-state index in [9.17, 15) is 13.5 Å². The molecule has 0 aromatic rings. The molecular formula is C7H11FN2O2SSe. The molecule has 14 heavy (non-hydrogen) atoms. The first-order chi connectivity index (χ1) is 6.38. The molecule has 0 aromatic heterocycles. The van der Waals surface area contributed by atoms with Gasteiger partial charge in [-0.2, -0.15) is 3.89 Å². The van der Waals surface area contributed by atoms with Crippen LogP contribution in [0.1, 0.15) is 7.43 Å². The van der Waals surface area contributed by atoms with E-state index in [-0.39, 0.29) is 19.5 Å². The predicted octanol–water partition coefficient (Wildman–Crippen LogP) is 1.39. The van der Waals surface area contributed by atoms with E-state index in [4.69, 9.17) is 0 Å². The number of thiol groups is 1. The molecule has 1 fully saturated rings. The van der Waals surface area contributed by atoms with Gasteiger partial charge in [-0.3, -0.25) is 0 Å². The third-order valence-electron chi connectivity index (χ3n) is 1.46. The van der Waals surface area contributed by atoms with E-state index in [0.717, 1.165) is 10.6 Å². The summed E-state index contributed by atoms with van der Waals surface area (Å²) in [6, 6.07) is -0.206. The van der Waals surface area contributed by atoms with Gasteiger partial charge in [0.15, 0.2) is 0 Å². The summed E-state index contributed by atoms with van der Waals surface area (Å²) < 4.78 is 9.19. The zero-order valence-corrected chi connectivity index (χ0v) is 9.12. The van der Waals surface area contributed by atoms with Gasteiger partial charge >= 0.3 is 69.4 Å². The van der Waals surface area contributed by atoms with E-state index in [1.165, 1.54) is 12.2 Å². The van der Waals surface area contributed by atoms with Crippen molar-refractivity contribution in [3.05, 3.63) is 0 Å². The van der Waals surface area contributed by atoms with Crippen LogP contribution in [0.15, 0.2) is 9.98 Å². The molecule has 1 aliphatic rings. The number of rotatable bonds is 2. The van der Waals surface area contributed by atoms with Gasteiger partial charge in [-0.15, -0.1) is 0 Å². The van der Waals surface area contributed by atoms with Crippen molar-refractivity contribution in [2.24, 2.45) is 9.98 Å². The van der Waals surface area contributed by atoms with Crippen molar-refractivity contribution in [1.29, 1.82) is 0 Å². The molecule has 80 valence electrons. The average molecular weight is 285 g/mol. The van der Waals surface area contributed by atoms with Gasteiger partial charge in [0.05, 0.1) is 0 Å². The number of carbonyl (C=O) groups excluding carboxylic acids is 2. The molecule has 0 aliphatic carbocycles. The van der Waals surface area contributed by atoms with E-state index < -0.39 is 0 Å². The summed E-state index contributed by atoms with van der Waals surface area (Å²) in [6.07, 6.45) is 2.99. The number of hydrogen-bond acceptors (Lipinski definition) is 5. The van der Waals surface area contributed by atoms with Crippen LogP contribution in [-0.2, 0) is 9.59 Å². The molecular weight excluding hydrogens is 274 g/mol. The Bertz CT molecular complexity index is 218. The Labute approximate surface area is 93.9 Å². The van der Waals surface area contributed by atoms with E-state index >= 15 is 0 Å². The van der Waals surface area contributed by atoms with Gasteiger partial charge in [0, 0.05) is 13.0 Å². The zero-order valence-electron chi connectivity index (χ0n) is 6.51. The molecule has 7 heteroatoms. The molecule has 0 N–H and O–H groups in total. The first kappa shape index (κ1) is 16.0. The average Bonchev–Trinajstić information content (AvgIpc) is 2.58. The van der Waals surface area contributed by atoms with E-state index in [1.807, 2.05) is 13.0 Å². The summed E-state index contributed by atoms with van der Waals surface area (Å²) in [5.41, 5.74) is 0. The number of nitrogens with zero attached hydrogens (tertiary/aromatic N) is 2. The van der Waals surface area contributed by atoms with Crippen molar-refractivity contribution in [3.63, 3.8) is 0 Å². The third kappa shape index (κ3) is 5.32. The fraction of sp³-hybridized carbons (Fsp3) is 0.714. The second-order valence-electron chi connectivity index (χ2n) is 2.11. The van der Waals surface area contributed by atoms with Crippen molar-refractivity contribution >= 4 is 40.1 Å². The molecule has 0 bridgehead atoms. The zero-order chi connectivity index (χ0) is 10.1. The summed E-state index contributed by atoms with van der Waals surface area (Å²) in [5, 5.41) is 1.77. The monoisotopic (exact) mass is 286 g/mol. The van der Waals surface area contributed by atoms with Gasteiger partial charge in [0.2, 0.25) is 0 Å². The Morgan fingerprint density at radius 2 is 1.50 bits per heavy atom. The van der Waals surface area contributed by atoms with Gasteiger partial charge in [-0.1, -0.05) is 7.43 Å². The molecule has 4 nitrogen and oxygen atoms in total. The maximum absolute atomic E-state index is 9.89. The predicted molar refractivity (Wildman–Crippen MR) is 56.0 cm³/mol. The molecule has 1 aliphatic heterocycles. The topological polar surface area (TPSA) is 58.9 Å². The van der Waals surface area contributed by atoms with Crippen LogP contribution < -0.4 is 0 Å². The molecule has 2 atom stereocenters. The van der Waals surface area contributed by atoms with Gasteiger partial charge in [-0.05, 0) is 0 Å². The van der Waals surface area contributed by atoms with Crippen LogP contribution in [0.4, 0.5) is 3.89 Å². The van der Waals surface area contributed by atoms with Crippen molar-refractivity contribution < 1.29 is 13.5 Å². The Kier molecular flexibility index (Phi) is 12.2. The van der Waals surface area contributed by atoms with Crippen molar-refractivity contribution in [3.8, 4) is 0 Å². The van der Waals surface area contributed by atoms with Crippen LogP contribution in [0.25, 0.3) is 0 Å². The molecule has 0 amide bonds. The number of hydrogen-bond donors (Lipinski definition) is 1. The van der Waals surface area contributed by atoms with Crippen molar-refractivity contribution in [1.82, 2.24) is 0 Å². The first-order valence-corrected chi connectivity index (χ1v) is 6.03. The fourth-order valence-electron chi connectivity index (χ4n) is 0.914. The molecule has 0 saturated carbocycles. The molecule has 2 unspecified atom stereocenters. The van der Waals surface area contributed by atoms with Crippen LogP contribution in [0.2, 0.25) is 10.6 Å². The van der Waals surface area contributed by atoms with Crippen LogP contribution in [-0.4, -0.2) is 39.2 Å². The van der Waals surface area contributed by atoms with Crippen molar-refractivity contribution in [2.45, 2.75) is 30.1 Å². The van der Waals surface area contributed by atoms with Gasteiger partial charge in [0.1, 0.15) is 0 Å². The summed E-state index contributed by atoms with van der Waals surface area (Å²) in [5.74, 6) is 0. The molecule has 1 heterocycles. The van der Waals surface area contributed by atoms with Gasteiger partial charge in [0.25, 0.3) is 0 Å². The van der Waals surface area contributed by atoms with Crippen LogP contribution in [0, 0.1) is 0 Å². The van der Waals surface area contributed by atoms with Crippen LogP contribution >= 0.6 is 13.0 Å². The van der Waals surface area contributed by atoms with Crippen molar-refractivity contribution in [2.75, 3.05) is 0 Å². The summed E-state index contributed by atoms with van der Waals surface area (Å²) in [4.78, 5) is 26.9.